The van der Waals surface area contributed by atoms with E-state index in [1.54, 1.807) is 7.11 Å². The molecule has 1 aliphatic rings. The molecule has 1 aromatic rings. The number of hydrogen-bond donors (Lipinski definition) is 2. The van der Waals surface area contributed by atoms with Crippen molar-refractivity contribution in [1.82, 2.24) is 10.2 Å². The summed E-state index contributed by atoms with van der Waals surface area (Å²) >= 11 is 0. The average molecular weight is 280 g/mol. The van der Waals surface area contributed by atoms with E-state index in [1.165, 1.54) is 0 Å². The molecule has 0 amide bonds. The molecule has 1 saturated heterocycles. The number of benzene rings is 1. The van der Waals surface area contributed by atoms with Crippen molar-refractivity contribution in [2.24, 2.45) is 0 Å². The molecular weight excluding hydrogens is 256 g/mol. The third-order valence-electron chi connectivity index (χ3n) is 3.61. The summed E-state index contributed by atoms with van der Waals surface area (Å²) in [5.41, 5.74) is 0. The molecule has 112 valence electrons. The third-order valence-corrected chi connectivity index (χ3v) is 3.61. The number of aliphatic hydroxyl groups excluding tert-OH is 1. The lowest BCUT2D eigenvalue weighted by Gasteiger charge is -2.27. The second-order valence-corrected chi connectivity index (χ2v) is 4.95. The van der Waals surface area contributed by atoms with Crippen LogP contribution in [0.15, 0.2) is 24.3 Å². The molecule has 2 N–H and O–H groups in total. The maximum absolute atomic E-state index is 9.42. The van der Waals surface area contributed by atoms with E-state index in [4.69, 9.17) is 9.47 Å². The molecule has 0 saturated carbocycles. The van der Waals surface area contributed by atoms with Gasteiger partial charge in [0.25, 0.3) is 0 Å². The van der Waals surface area contributed by atoms with Gasteiger partial charge >= 0.3 is 0 Å². The summed E-state index contributed by atoms with van der Waals surface area (Å²) in [5.74, 6) is 1.68. The summed E-state index contributed by atoms with van der Waals surface area (Å²) < 4.78 is 10.9. The second-order valence-electron chi connectivity index (χ2n) is 4.95. The first-order valence-corrected chi connectivity index (χ1v) is 7.16. The van der Waals surface area contributed by atoms with E-state index >= 15 is 0 Å². The molecule has 0 aromatic heterocycles. The van der Waals surface area contributed by atoms with Gasteiger partial charge in [-0.15, -0.1) is 0 Å². The van der Waals surface area contributed by atoms with Crippen LogP contribution in [-0.2, 0) is 0 Å². The number of nitrogens with one attached hydrogen (secondary N) is 1. The van der Waals surface area contributed by atoms with Crippen molar-refractivity contribution in [3.05, 3.63) is 24.3 Å². The van der Waals surface area contributed by atoms with Gasteiger partial charge in [0, 0.05) is 19.1 Å². The van der Waals surface area contributed by atoms with Crippen LogP contribution in [0.2, 0.25) is 0 Å². The van der Waals surface area contributed by atoms with Gasteiger partial charge in [-0.1, -0.05) is 0 Å². The van der Waals surface area contributed by atoms with Crippen molar-refractivity contribution in [3.63, 3.8) is 0 Å². The SMILES string of the molecule is COc1ccc(OCCN2CCCNCC2CO)cc1. The Bertz CT molecular complexity index is 383. The molecule has 0 radical (unpaired) electrons. The molecule has 20 heavy (non-hydrogen) atoms. The van der Waals surface area contributed by atoms with E-state index in [2.05, 4.69) is 10.2 Å². The Morgan fingerprint density at radius 3 is 2.75 bits per heavy atom. The zero-order valence-electron chi connectivity index (χ0n) is 12.0. The number of methoxy groups -OCH3 is 1. The fourth-order valence-electron chi connectivity index (χ4n) is 2.41. The molecule has 5 heteroatoms. The molecule has 1 aromatic carbocycles. The van der Waals surface area contributed by atoms with Crippen LogP contribution in [0.3, 0.4) is 0 Å². The summed E-state index contributed by atoms with van der Waals surface area (Å²) in [5, 5.41) is 12.8. The van der Waals surface area contributed by atoms with E-state index < -0.39 is 0 Å². The minimum Gasteiger partial charge on any atom is -0.497 e. The van der Waals surface area contributed by atoms with Crippen LogP contribution in [0, 0.1) is 0 Å². The summed E-state index contributed by atoms with van der Waals surface area (Å²) in [6.07, 6.45) is 1.11. The molecule has 0 aliphatic carbocycles. The highest BCUT2D eigenvalue weighted by Gasteiger charge is 2.19. The Labute approximate surface area is 120 Å². The summed E-state index contributed by atoms with van der Waals surface area (Å²) in [6, 6.07) is 7.79. The Kier molecular flexibility index (Phi) is 6.11. The lowest BCUT2D eigenvalue weighted by Crippen LogP contribution is -2.44. The van der Waals surface area contributed by atoms with E-state index in [0.29, 0.717) is 6.61 Å². The van der Waals surface area contributed by atoms with Crippen LogP contribution < -0.4 is 14.8 Å². The van der Waals surface area contributed by atoms with Crippen LogP contribution in [-0.4, -0.2) is 62.6 Å². The maximum Gasteiger partial charge on any atom is 0.119 e. The van der Waals surface area contributed by atoms with Gasteiger partial charge in [-0.2, -0.15) is 0 Å². The van der Waals surface area contributed by atoms with E-state index in [0.717, 1.165) is 44.1 Å². The summed E-state index contributed by atoms with van der Waals surface area (Å²) in [7, 11) is 1.65. The molecule has 1 unspecified atom stereocenters. The molecule has 2 rings (SSSR count). The molecule has 1 fully saturated rings. The number of nitrogens with zero attached hydrogens (tertiary/aromatic N) is 1. The molecule has 1 heterocycles. The van der Waals surface area contributed by atoms with Crippen LogP contribution in [0.5, 0.6) is 11.5 Å². The fraction of sp³-hybridized carbons (Fsp3) is 0.600. The normalized spacial score (nSPS) is 20.4. The van der Waals surface area contributed by atoms with Gasteiger partial charge in [-0.25, -0.2) is 0 Å². The van der Waals surface area contributed by atoms with Gasteiger partial charge in [0.15, 0.2) is 0 Å². The third kappa shape index (κ3) is 4.37. The van der Waals surface area contributed by atoms with Crippen LogP contribution in [0.1, 0.15) is 6.42 Å². The maximum atomic E-state index is 9.42. The average Bonchev–Trinajstić information content (AvgIpc) is 2.73. The molecule has 0 spiro atoms. The smallest absolute Gasteiger partial charge is 0.119 e. The van der Waals surface area contributed by atoms with Gasteiger partial charge in [0.05, 0.1) is 13.7 Å². The minimum absolute atomic E-state index is 0.190. The van der Waals surface area contributed by atoms with Gasteiger partial charge in [0.2, 0.25) is 0 Å². The molecule has 5 nitrogen and oxygen atoms in total. The monoisotopic (exact) mass is 280 g/mol. The van der Waals surface area contributed by atoms with Crippen LogP contribution in [0.4, 0.5) is 0 Å². The number of ether oxygens (including phenoxy) is 2. The van der Waals surface area contributed by atoms with Crippen molar-refractivity contribution < 1.29 is 14.6 Å². The van der Waals surface area contributed by atoms with Crippen LogP contribution >= 0.6 is 0 Å². The molecular formula is C15H24N2O3. The molecule has 1 atom stereocenters. The van der Waals surface area contributed by atoms with Crippen molar-refractivity contribution in [3.8, 4) is 11.5 Å². The zero-order chi connectivity index (χ0) is 14.2. The van der Waals surface area contributed by atoms with Gasteiger partial charge in [0.1, 0.15) is 18.1 Å². The number of rotatable bonds is 6. The van der Waals surface area contributed by atoms with Crippen LogP contribution in [0.25, 0.3) is 0 Å². The minimum atomic E-state index is 0.190. The lowest BCUT2D eigenvalue weighted by molar-refractivity contribution is 0.115. The highest BCUT2D eigenvalue weighted by atomic mass is 16.5. The Hall–Kier alpha value is -1.30. The number of hydrogen-bond acceptors (Lipinski definition) is 5. The van der Waals surface area contributed by atoms with Crippen molar-refractivity contribution in [2.45, 2.75) is 12.5 Å². The second kappa shape index (κ2) is 8.09. The van der Waals surface area contributed by atoms with Gasteiger partial charge < -0.3 is 19.9 Å². The van der Waals surface area contributed by atoms with E-state index in [9.17, 15) is 5.11 Å². The Balaban J connectivity index is 1.78. The predicted molar refractivity (Wildman–Crippen MR) is 78.4 cm³/mol. The first-order chi connectivity index (χ1) is 9.83. The zero-order valence-corrected chi connectivity index (χ0v) is 12.0. The number of aliphatic hydroxyl groups is 1. The largest absolute Gasteiger partial charge is 0.497 e. The first kappa shape index (κ1) is 15.1. The highest BCUT2D eigenvalue weighted by Crippen LogP contribution is 2.17. The van der Waals surface area contributed by atoms with Crippen molar-refractivity contribution in [2.75, 3.05) is 46.5 Å². The Morgan fingerprint density at radius 1 is 1.30 bits per heavy atom. The first-order valence-electron chi connectivity index (χ1n) is 7.16. The summed E-state index contributed by atoms with van der Waals surface area (Å²) in [4.78, 5) is 2.30. The quantitative estimate of drug-likeness (QED) is 0.804. The fourth-order valence-corrected chi connectivity index (χ4v) is 2.41. The Morgan fingerprint density at radius 2 is 2.05 bits per heavy atom. The summed E-state index contributed by atoms with van der Waals surface area (Å²) in [6.45, 7) is 4.52. The van der Waals surface area contributed by atoms with Crippen molar-refractivity contribution in [1.29, 1.82) is 0 Å². The molecule has 1 aliphatic heterocycles. The van der Waals surface area contributed by atoms with Crippen molar-refractivity contribution >= 4 is 0 Å². The van der Waals surface area contributed by atoms with E-state index in [1.807, 2.05) is 24.3 Å². The standard InChI is InChI=1S/C15H24N2O3/c1-19-14-3-5-15(6-4-14)20-10-9-17-8-2-7-16-11-13(17)12-18/h3-6,13,16,18H,2,7-12H2,1H3. The highest BCUT2D eigenvalue weighted by molar-refractivity contribution is 5.31. The molecule has 0 bridgehead atoms. The lowest BCUT2D eigenvalue weighted by atomic mass is 10.2. The van der Waals surface area contributed by atoms with E-state index in [-0.39, 0.29) is 12.6 Å². The predicted octanol–water partition coefficient (Wildman–Crippen LogP) is 0.730. The topological polar surface area (TPSA) is 54.0 Å². The van der Waals surface area contributed by atoms with Gasteiger partial charge in [-0.05, 0) is 43.8 Å². The van der Waals surface area contributed by atoms with Gasteiger partial charge in [-0.3, -0.25) is 4.90 Å².